The van der Waals surface area contributed by atoms with Gasteiger partial charge < -0.3 is 4.74 Å². The molecule has 0 radical (unpaired) electrons. The standard InChI is InChI=1S/C14H15N3O6S2/c1-9-12(13(18)23-2)24-14(15-9)16-25(21,22)8-7-10-5-3-4-6-11(10)17(19)20/h3-6H,7-8H2,1-2H3,(H,15,16). The van der Waals surface area contributed by atoms with E-state index in [9.17, 15) is 23.3 Å². The van der Waals surface area contributed by atoms with Gasteiger partial charge in [0.05, 0.1) is 23.5 Å². The molecule has 0 aliphatic rings. The van der Waals surface area contributed by atoms with Crippen LogP contribution in [-0.4, -0.2) is 37.2 Å². The predicted molar refractivity (Wildman–Crippen MR) is 92.4 cm³/mol. The molecule has 134 valence electrons. The van der Waals surface area contributed by atoms with Crippen molar-refractivity contribution >= 4 is 38.1 Å². The third-order valence-corrected chi connectivity index (χ3v) is 5.67. The van der Waals surface area contributed by atoms with Gasteiger partial charge in [0.2, 0.25) is 10.0 Å². The van der Waals surface area contributed by atoms with E-state index in [1.807, 2.05) is 0 Å². The Kier molecular flexibility index (Phi) is 5.69. The zero-order chi connectivity index (χ0) is 18.6. The summed E-state index contributed by atoms with van der Waals surface area (Å²) in [5, 5.41) is 11.0. The first-order valence-corrected chi connectivity index (χ1v) is 9.49. The number of ether oxygens (including phenoxy) is 1. The van der Waals surface area contributed by atoms with E-state index in [-0.39, 0.29) is 27.9 Å². The number of aromatic nitrogens is 1. The monoisotopic (exact) mass is 385 g/mol. The van der Waals surface area contributed by atoms with Gasteiger partial charge in [0, 0.05) is 11.6 Å². The number of sulfonamides is 1. The van der Waals surface area contributed by atoms with Crippen molar-refractivity contribution in [1.29, 1.82) is 0 Å². The van der Waals surface area contributed by atoms with Crippen LogP contribution in [0.2, 0.25) is 0 Å². The number of carbonyl (C=O) groups is 1. The Labute approximate surface area is 147 Å². The number of para-hydroxylation sites is 1. The number of aryl methyl sites for hydroxylation is 2. The van der Waals surface area contributed by atoms with Crippen LogP contribution in [0.25, 0.3) is 0 Å². The number of nitro groups is 1. The Morgan fingerprint density at radius 1 is 1.40 bits per heavy atom. The van der Waals surface area contributed by atoms with Crippen molar-refractivity contribution in [2.75, 3.05) is 17.6 Å². The number of hydrogen-bond donors (Lipinski definition) is 1. The lowest BCUT2D eigenvalue weighted by molar-refractivity contribution is -0.385. The van der Waals surface area contributed by atoms with Crippen LogP contribution in [0.4, 0.5) is 10.8 Å². The second-order valence-corrected chi connectivity index (χ2v) is 7.82. The number of carbonyl (C=O) groups excluding carboxylic acids is 1. The molecular formula is C14H15N3O6S2. The molecule has 0 bridgehead atoms. The third-order valence-electron chi connectivity index (χ3n) is 3.24. The Morgan fingerprint density at radius 3 is 2.72 bits per heavy atom. The fourth-order valence-corrected chi connectivity index (χ4v) is 4.24. The van der Waals surface area contributed by atoms with E-state index in [0.29, 0.717) is 11.3 Å². The van der Waals surface area contributed by atoms with E-state index >= 15 is 0 Å². The number of anilines is 1. The van der Waals surface area contributed by atoms with Crippen LogP contribution < -0.4 is 4.72 Å². The summed E-state index contributed by atoms with van der Waals surface area (Å²) in [6.45, 7) is 1.56. The van der Waals surface area contributed by atoms with Gasteiger partial charge in [-0.05, 0) is 13.3 Å². The average molecular weight is 385 g/mol. The third kappa shape index (κ3) is 4.73. The van der Waals surface area contributed by atoms with Crippen LogP contribution >= 0.6 is 11.3 Å². The molecule has 1 N–H and O–H groups in total. The lowest BCUT2D eigenvalue weighted by Crippen LogP contribution is -2.18. The Balaban J connectivity index is 2.11. The smallest absolute Gasteiger partial charge is 0.350 e. The SMILES string of the molecule is COC(=O)c1sc(NS(=O)(=O)CCc2ccccc2[N+](=O)[O-])nc1C. The van der Waals surface area contributed by atoms with Crippen LogP contribution in [0.1, 0.15) is 20.9 Å². The first-order chi connectivity index (χ1) is 11.7. The van der Waals surface area contributed by atoms with E-state index in [1.165, 1.54) is 25.3 Å². The molecule has 0 aliphatic carbocycles. The molecular weight excluding hydrogens is 370 g/mol. The minimum absolute atomic E-state index is 0.0271. The molecule has 1 aromatic carbocycles. The van der Waals surface area contributed by atoms with Gasteiger partial charge in [0.1, 0.15) is 4.88 Å². The zero-order valence-electron chi connectivity index (χ0n) is 13.4. The van der Waals surface area contributed by atoms with Crippen LogP contribution in [-0.2, 0) is 21.2 Å². The van der Waals surface area contributed by atoms with Crippen molar-refractivity contribution in [2.24, 2.45) is 0 Å². The molecule has 25 heavy (non-hydrogen) atoms. The molecule has 0 fully saturated rings. The first-order valence-electron chi connectivity index (χ1n) is 7.02. The van der Waals surface area contributed by atoms with E-state index in [1.54, 1.807) is 13.0 Å². The van der Waals surface area contributed by atoms with Gasteiger partial charge in [0.25, 0.3) is 5.69 Å². The van der Waals surface area contributed by atoms with Gasteiger partial charge in [0.15, 0.2) is 5.13 Å². The largest absolute Gasteiger partial charge is 0.465 e. The molecule has 2 aromatic rings. The van der Waals surface area contributed by atoms with Crippen molar-refractivity contribution in [2.45, 2.75) is 13.3 Å². The number of nitro benzene ring substituents is 1. The molecule has 1 heterocycles. The molecule has 0 aliphatic heterocycles. The summed E-state index contributed by atoms with van der Waals surface area (Å²) in [5.74, 6) is -0.954. The maximum Gasteiger partial charge on any atom is 0.350 e. The number of esters is 1. The highest BCUT2D eigenvalue weighted by atomic mass is 32.2. The maximum absolute atomic E-state index is 12.2. The Hall–Kier alpha value is -2.53. The molecule has 0 atom stereocenters. The van der Waals surface area contributed by atoms with Crippen LogP contribution in [0.3, 0.4) is 0 Å². The molecule has 0 saturated heterocycles. The second-order valence-electron chi connectivity index (χ2n) is 4.98. The minimum Gasteiger partial charge on any atom is -0.465 e. The highest BCUT2D eigenvalue weighted by molar-refractivity contribution is 7.92. The zero-order valence-corrected chi connectivity index (χ0v) is 15.0. The fraction of sp³-hybridized carbons (Fsp3) is 0.286. The highest BCUT2D eigenvalue weighted by Gasteiger charge is 2.20. The molecule has 0 spiro atoms. The van der Waals surface area contributed by atoms with Crippen LogP contribution in [0.5, 0.6) is 0 Å². The molecule has 1 aromatic heterocycles. The topological polar surface area (TPSA) is 128 Å². The molecule has 0 unspecified atom stereocenters. The predicted octanol–water partition coefficient (Wildman–Crippen LogP) is 2.13. The van der Waals surface area contributed by atoms with Crippen LogP contribution in [0.15, 0.2) is 24.3 Å². The molecule has 9 nitrogen and oxygen atoms in total. The molecule has 0 saturated carbocycles. The lowest BCUT2D eigenvalue weighted by Gasteiger charge is -2.05. The van der Waals surface area contributed by atoms with Crippen molar-refractivity contribution < 1.29 is 22.9 Å². The van der Waals surface area contributed by atoms with E-state index in [2.05, 4.69) is 14.4 Å². The maximum atomic E-state index is 12.2. The highest BCUT2D eigenvalue weighted by Crippen LogP contribution is 2.25. The van der Waals surface area contributed by atoms with Crippen LogP contribution in [0, 0.1) is 17.0 Å². The summed E-state index contributed by atoms with van der Waals surface area (Å²) in [5.41, 5.74) is 0.549. The quantitative estimate of drug-likeness (QED) is 0.439. The number of rotatable bonds is 7. The Bertz CT molecular complexity index is 907. The lowest BCUT2D eigenvalue weighted by atomic mass is 10.1. The van der Waals surface area contributed by atoms with Gasteiger partial charge >= 0.3 is 5.97 Å². The summed E-state index contributed by atoms with van der Waals surface area (Å²) in [6, 6.07) is 5.95. The average Bonchev–Trinajstić information content (AvgIpc) is 2.92. The van der Waals surface area contributed by atoms with Gasteiger partial charge in [-0.15, -0.1) is 0 Å². The normalized spacial score (nSPS) is 11.1. The number of thiazole rings is 1. The first kappa shape index (κ1) is 18.8. The number of benzene rings is 1. The fourth-order valence-electron chi connectivity index (χ4n) is 2.05. The van der Waals surface area contributed by atoms with Gasteiger partial charge in [-0.3, -0.25) is 14.8 Å². The van der Waals surface area contributed by atoms with E-state index in [0.717, 1.165) is 11.3 Å². The van der Waals surface area contributed by atoms with Crippen molar-refractivity contribution in [3.8, 4) is 0 Å². The number of methoxy groups -OCH3 is 1. The van der Waals surface area contributed by atoms with Crippen molar-refractivity contribution in [1.82, 2.24) is 4.98 Å². The molecule has 11 heteroatoms. The summed E-state index contributed by atoms with van der Waals surface area (Å²) in [4.78, 5) is 26.1. The summed E-state index contributed by atoms with van der Waals surface area (Å²) in [7, 11) is -2.57. The molecule has 0 amide bonds. The van der Waals surface area contributed by atoms with E-state index in [4.69, 9.17) is 0 Å². The van der Waals surface area contributed by atoms with Crippen molar-refractivity contribution in [3.05, 3.63) is 50.5 Å². The number of nitrogens with one attached hydrogen (secondary N) is 1. The van der Waals surface area contributed by atoms with Gasteiger partial charge in [-0.25, -0.2) is 18.2 Å². The summed E-state index contributed by atoms with van der Waals surface area (Å²) < 4.78 is 31.2. The summed E-state index contributed by atoms with van der Waals surface area (Å²) >= 11 is 0.865. The minimum atomic E-state index is -3.79. The second kappa shape index (κ2) is 7.57. The van der Waals surface area contributed by atoms with Gasteiger partial charge in [-0.2, -0.15) is 0 Å². The summed E-state index contributed by atoms with van der Waals surface area (Å²) in [6.07, 6.45) is -0.0271. The molecule has 2 rings (SSSR count). The Morgan fingerprint density at radius 2 is 2.08 bits per heavy atom. The van der Waals surface area contributed by atoms with Crippen molar-refractivity contribution in [3.63, 3.8) is 0 Å². The number of hydrogen-bond acceptors (Lipinski definition) is 8. The number of nitrogens with zero attached hydrogens (tertiary/aromatic N) is 2. The van der Waals surface area contributed by atoms with E-state index < -0.39 is 20.9 Å². The van der Waals surface area contributed by atoms with Gasteiger partial charge in [-0.1, -0.05) is 29.5 Å².